The first-order valence-electron chi connectivity index (χ1n) is 8.14. The summed E-state index contributed by atoms with van der Waals surface area (Å²) in [5.41, 5.74) is -1.26. The Morgan fingerprint density at radius 2 is 1.48 bits per heavy atom. The average molecular weight is 410 g/mol. The highest BCUT2D eigenvalue weighted by Gasteiger charge is 2.30. The molecule has 0 heterocycles. The number of hydrogen-bond donors (Lipinski definition) is 2. The van der Waals surface area contributed by atoms with Crippen LogP contribution in [-0.2, 0) is 6.18 Å². The Kier molecular flexibility index (Phi) is 5.49. The first kappa shape index (κ1) is 20.2. The highest BCUT2D eigenvalue weighted by molar-refractivity contribution is 6.04. The lowest BCUT2D eigenvalue weighted by molar-refractivity contribution is -0.137. The van der Waals surface area contributed by atoms with Crippen molar-refractivity contribution in [3.05, 3.63) is 89.2 Å². The van der Waals surface area contributed by atoms with Crippen molar-refractivity contribution < 1.29 is 31.1 Å². The Morgan fingerprint density at radius 1 is 0.759 bits per heavy atom. The van der Waals surface area contributed by atoms with Crippen molar-refractivity contribution in [1.82, 2.24) is 0 Å². The van der Waals surface area contributed by atoms with Crippen LogP contribution in [0.4, 0.5) is 43.4 Å². The van der Waals surface area contributed by atoms with Gasteiger partial charge in [-0.1, -0.05) is 6.07 Å². The number of alkyl halides is 3. The summed E-state index contributed by atoms with van der Waals surface area (Å²) in [4.78, 5) is 12.3. The number of hydrogen-bond acceptors (Lipinski definition) is 2. The SMILES string of the molecule is O=C(Nc1ccc(F)c(F)c1)c1ccc(F)c(Nc2cccc(C(F)(F)F)c2)c1. The molecule has 0 saturated carbocycles. The van der Waals surface area contributed by atoms with Gasteiger partial charge in [-0.2, -0.15) is 13.2 Å². The standard InChI is InChI=1S/C20H12F6N2O/c21-15-7-5-14(10-17(15)23)28-19(29)11-4-6-16(22)18(8-11)27-13-3-1-2-12(9-13)20(24,25)26/h1-10,27H,(H,28,29). The van der Waals surface area contributed by atoms with Gasteiger partial charge in [-0.3, -0.25) is 4.79 Å². The van der Waals surface area contributed by atoms with E-state index in [1.165, 1.54) is 6.07 Å². The normalized spacial score (nSPS) is 11.2. The van der Waals surface area contributed by atoms with Gasteiger partial charge in [0.1, 0.15) is 5.82 Å². The van der Waals surface area contributed by atoms with E-state index >= 15 is 0 Å². The molecule has 0 aliphatic heterocycles. The van der Waals surface area contributed by atoms with Gasteiger partial charge in [-0.15, -0.1) is 0 Å². The fourth-order valence-corrected chi connectivity index (χ4v) is 2.47. The molecule has 150 valence electrons. The lowest BCUT2D eigenvalue weighted by atomic mass is 10.1. The van der Waals surface area contributed by atoms with Gasteiger partial charge in [0.25, 0.3) is 5.91 Å². The second-order valence-electron chi connectivity index (χ2n) is 5.98. The molecular weight excluding hydrogens is 398 g/mol. The zero-order valence-corrected chi connectivity index (χ0v) is 14.4. The number of carbonyl (C=O) groups excluding carboxylic acids is 1. The average Bonchev–Trinajstić information content (AvgIpc) is 2.66. The summed E-state index contributed by atoms with van der Waals surface area (Å²) in [5, 5.41) is 4.82. The minimum atomic E-state index is -4.57. The lowest BCUT2D eigenvalue weighted by Gasteiger charge is -2.12. The first-order chi connectivity index (χ1) is 13.6. The van der Waals surface area contributed by atoms with E-state index < -0.39 is 35.1 Å². The topological polar surface area (TPSA) is 41.1 Å². The van der Waals surface area contributed by atoms with Gasteiger partial charge in [0.15, 0.2) is 11.6 Å². The van der Waals surface area contributed by atoms with Crippen molar-refractivity contribution in [2.24, 2.45) is 0 Å². The molecule has 29 heavy (non-hydrogen) atoms. The highest BCUT2D eigenvalue weighted by atomic mass is 19.4. The van der Waals surface area contributed by atoms with Gasteiger partial charge in [-0.25, -0.2) is 13.2 Å². The molecule has 0 bridgehead atoms. The third kappa shape index (κ3) is 4.87. The number of anilines is 3. The number of nitrogens with one attached hydrogen (secondary N) is 2. The first-order valence-corrected chi connectivity index (χ1v) is 8.14. The summed E-state index contributed by atoms with van der Waals surface area (Å²) in [6.45, 7) is 0. The Hall–Kier alpha value is -3.49. The molecule has 0 aliphatic carbocycles. The van der Waals surface area contributed by atoms with Crippen LogP contribution in [0.3, 0.4) is 0 Å². The molecule has 0 spiro atoms. The maximum absolute atomic E-state index is 14.1. The van der Waals surface area contributed by atoms with Crippen LogP contribution >= 0.6 is 0 Å². The quantitative estimate of drug-likeness (QED) is 0.509. The van der Waals surface area contributed by atoms with Crippen molar-refractivity contribution in [2.45, 2.75) is 6.18 Å². The summed E-state index contributed by atoms with van der Waals surface area (Å²) >= 11 is 0. The van der Waals surface area contributed by atoms with Crippen molar-refractivity contribution in [2.75, 3.05) is 10.6 Å². The van der Waals surface area contributed by atoms with Crippen LogP contribution in [0.15, 0.2) is 60.7 Å². The maximum Gasteiger partial charge on any atom is 0.416 e. The number of rotatable bonds is 4. The Bertz CT molecular complexity index is 1070. The molecule has 2 N–H and O–H groups in total. The van der Waals surface area contributed by atoms with E-state index in [-0.39, 0.29) is 22.6 Å². The minimum absolute atomic E-state index is 0.0226. The number of carbonyl (C=O) groups is 1. The molecule has 1 amide bonds. The predicted octanol–water partition coefficient (Wildman–Crippen LogP) is 6.12. The second-order valence-corrected chi connectivity index (χ2v) is 5.98. The molecule has 3 aromatic rings. The molecule has 3 aromatic carbocycles. The van der Waals surface area contributed by atoms with E-state index in [4.69, 9.17) is 0 Å². The summed E-state index contributed by atoms with van der Waals surface area (Å²) in [5.74, 6) is -3.79. The van der Waals surface area contributed by atoms with Crippen molar-refractivity contribution in [1.29, 1.82) is 0 Å². The van der Waals surface area contributed by atoms with Gasteiger partial charge < -0.3 is 10.6 Å². The third-order valence-electron chi connectivity index (χ3n) is 3.87. The smallest absolute Gasteiger partial charge is 0.353 e. The predicted molar refractivity (Wildman–Crippen MR) is 95.4 cm³/mol. The Balaban J connectivity index is 1.82. The van der Waals surface area contributed by atoms with Crippen LogP contribution < -0.4 is 10.6 Å². The Morgan fingerprint density at radius 3 is 2.17 bits per heavy atom. The maximum atomic E-state index is 14.1. The highest BCUT2D eigenvalue weighted by Crippen LogP contribution is 2.32. The molecule has 0 radical (unpaired) electrons. The van der Waals surface area contributed by atoms with Crippen LogP contribution in [0.5, 0.6) is 0 Å². The lowest BCUT2D eigenvalue weighted by Crippen LogP contribution is -2.13. The van der Waals surface area contributed by atoms with Crippen LogP contribution in [0, 0.1) is 17.5 Å². The molecule has 3 rings (SSSR count). The van der Waals surface area contributed by atoms with E-state index in [1.54, 1.807) is 0 Å². The largest absolute Gasteiger partial charge is 0.416 e. The molecule has 0 aromatic heterocycles. The van der Waals surface area contributed by atoms with E-state index in [0.29, 0.717) is 0 Å². The molecule has 0 aliphatic rings. The van der Waals surface area contributed by atoms with Gasteiger partial charge in [-0.05, 0) is 48.5 Å². The van der Waals surface area contributed by atoms with Crippen molar-refractivity contribution >= 4 is 23.0 Å². The summed E-state index contributed by atoms with van der Waals surface area (Å²) in [7, 11) is 0. The van der Waals surface area contributed by atoms with Gasteiger partial charge >= 0.3 is 6.18 Å². The third-order valence-corrected chi connectivity index (χ3v) is 3.87. The van der Waals surface area contributed by atoms with E-state index in [2.05, 4.69) is 10.6 Å². The fraction of sp³-hybridized carbons (Fsp3) is 0.0500. The van der Waals surface area contributed by atoms with E-state index in [1.807, 2.05) is 0 Å². The monoisotopic (exact) mass is 410 g/mol. The molecule has 0 unspecified atom stereocenters. The second kappa shape index (κ2) is 7.86. The zero-order valence-electron chi connectivity index (χ0n) is 14.4. The van der Waals surface area contributed by atoms with Crippen molar-refractivity contribution in [3.8, 4) is 0 Å². The number of halogens is 6. The van der Waals surface area contributed by atoms with Gasteiger partial charge in [0, 0.05) is 23.0 Å². The molecule has 3 nitrogen and oxygen atoms in total. The molecular formula is C20H12F6N2O. The van der Waals surface area contributed by atoms with Crippen LogP contribution in [-0.4, -0.2) is 5.91 Å². The number of amides is 1. The van der Waals surface area contributed by atoms with E-state index in [0.717, 1.165) is 54.6 Å². The molecule has 0 fully saturated rings. The van der Waals surface area contributed by atoms with Gasteiger partial charge in [0.05, 0.1) is 11.3 Å². The molecule has 0 saturated heterocycles. The van der Waals surface area contributed by atoms with Crippen LogP contribution in [0.1, 0.15) is 15.9 Å². The van der Waals surface area contributed by atoms with Crippen LogP contribution in [0.2, 0.25) is 0 Å². The fourth-order valence-electron chi connectivity index (χ4n) is 2.47. The summed E-state index contributed by atoms with van der Waals surface area (Å²) in [6.07, 6.45) is -4.57. The number of benzene rings is 3. The zero-order chi connectivity index (χ0) is 21.2. The summed E-state index contributed by atoms with van der Waals surface area (Å²) in [6, 6.07) is 10.1. The Labute approximate surface area is 161 Å². The minimum Gasteiger partial charge on any atom is -0.353 e. The van der Waals surface area contributed by atoms with Crippen LogP contribution in [0.25, 0.3) is 0 Å². The van der Waals surface area contributed by atoms with Crippen molar-refractivity contribution in [3.63, 3.8) is 0 Å². The van der Waals surface area contributed by atoms with E-state index in [9.17, 15) is 31.1 Å². The summed E-state index contributed by atoms with van der Waals surface area (Å²) < 4.78 is 78.7. The van der Waals surface area contributed by atoms with Gasteiger partial charge in [0.2, 0.25) is 0 Å². The molecule has 0 atom stereocenters. The molecule has 9 heteroatoms.